The maximum Gasteiger partial charge on any atom is 0.420 e. The number of rotatable bonds is 11. The highest BCUT2D eigenvalue weighted by atomic mass is 19.4. The van der Waals surface area contributed by atoms with Crippen molar-refractivity contribution in [2.24, 2.45) is 0 Å². The van der Waals surface area contributed by atoms with Gasteiger partial charge in [-0.1, -0.05) is 12.2 Å². The minimum absolute atomic E-state index is 0.0184. The molecule has 1 saturated heterocycles. The number of aromatic nitrogens is 1. The van der Waals surface area contributed by atoms with Gasteiger partial charge in [-0.15, -0.1) is 13.2 Å². The van der Waals surface area contributed by atoms with E-state index < -0.39 is 52.6 Å². The zero-order chi connectivity index (χ0) is 27.8. The van der Waals surface area contributed by atoms with Crippen LogP contribution >= 0.6 is 0 Å². The first kappa shape index (κ1) is 30.1. The van der Waals surface area contributed by atoms with E-state index in [0.717, 1.165) is 0 Å². The number of nitrogens with zero attached hydrogens (tertiary/aromatic N) is 2. The number of pyridine rings is 1. The van der Waals surface area contributed by atoms with E-state index in [9.17, 15) is 27.9 Å². The second kappa shape index (κ2) is 12.9. The van der Waals surface area contributed by atoms with Gasteiger partial charge in [0.2, 0.25) is 0 Å². The average Bonchev–Trinajstić information content (AvgIpc) is 3.23. The Balaban J connectivity index is 2.47. The number of hydrazine groups is 1. The fourth-order valence-corrected chi connectivity index (χ4v) is 3.89. The number of hydrogen-bond donors (Lipinski definition) is 4. The van der Waals surface area contributed by atoms with Crippen molar-refractivity contribution in [2.75, 3.05) is 23.3 Å². The van der Waals surface area contributed by atoms with Crippen LogP contribution in [0.1, 0.15) is 68.9 Å². The van der Waals surface area contributed by atoms with Gasteiger partial charge in [0.25, 0.3) is 5.91 Å². The summed E-state index contributed by atoms with van der Waals surface area (Å²) in [6, 6.07) is 0.438. The van der Waals surface area contributed by atoms with Crippen molar-refractivity contribution in [3.63, 3.8) is 0 Å². The summed E-state index contributed by atoms with van der Waals surface area (Å²) >= 11 is 0. The minimum Gasteiger partial charge on any atom is -0.444 e. The lowest BCUT2D eigenvalue weighted by atomic mass is 10.1. The van der Waals surface area contributed by atoms with E-state index in [-0.39, 0.29) is 12.6 Å². The maximum atomic E-state index is 14.2. The lowest BCUT2D eigenvalue weighted by Gasteiger charge is -2.29. The number of carbonyl (C=O) groups is 2. The SMILES string of the molecule is C=CCCC(O)CNNC(=O)c1nc(N2CCC[C@H]2CC=C)c(C(F)(F)F)cc1NC(=O)OC(C)(C)C. The van der Waals surface area contributed by atoms with Crippen LogP contribution < -0.4 is 21.1 Å². The van der Waals surface area contributed by atoms with Gasteiger partial charge < -0.3 is 14.7 Å². The number of anilines is 2. The molecule has 0 spiro atoms. The number of nitrogens with one attached hydrogen (secondary N) is 3. The van der Waals surface area contributed by atoms with E-state index in [4.69, 9.17) is 4.74 Å². The Bertz CT molecular complexity index is 978. The normalized spacial score (nSPS) is 16.7. The Labute approximate surface area is 215 Å². The van der Waals surface area contributed by atoms with E-state index in [1.807, 2.05) is 0 Å². The standard InChI is InChI=1S/C25H36F3N5O4/c1-6-8-12-17(34)15-29-32-22(35)20-19(30-23(36)37-24(3,4)5)14-18(25(26,27)28)21(31-20)33-13-9-11-16(33)10-7-2/h6-7,14,16-17,29,34H,1-2,8-13,15H2,3-5H3,(H,30,36)(H,32,35)/t16-,17?/m1/s1. The molecule has 0 radical (unpaired) electrons. The van der Waals surface area contributed by atoms with Gasteiger partial charge in [-0.2, -0.15) is 13.2 Å². The zero-order valence-corrected chi connectivity index (χ0v) is 21.5. The Kier molecular flexibility index (Phi) is 10.5. The molecule has 1 aromatic heterocycles. The lowest BCUT2D eigenvalue weighted by molar-refractivity contribution is -0.137. The van der Waals surface area contributed by atoms with E-state index in [1.54, 1.807) is 32.9 Å². The molecule has 9 nitrogen and oxygen atoms in total. The van der Waals surface area contributed by atoms with E-state index in [1.165, 1.54) is 4.90 Å². The summed E-state index contributed by atoms with van der Waals surface area (Å²) in [5.41, 5.74) is 1.98. The highest BCUT2D eigenvalue weighted by Gasteiger charge is 2.40. The van der Waals surface area contributed by atoms with Crippen molar-refractivity contribution < 1.29 is 32.6 Å². The minimum atomic E-state index is -4.81. The number of aliphatic hydroxyl groups excluding tert-OH is 1. The van der Waals surface area contributed by atoms with Crippen LogP contribution in [0, 0.1) is 0 Å². The van der Waals surface area contributed by atoms with Crippen molar-refractivity contribution >= 4 is 23.5 Å². The van der Waals surface area contributed by atoms with Crippen molar-refractivity contribution in [1.82, 2.24) is 15.8 Å². The van der Waals surface area contributed by atoms with Gasteiger partial charge in [-0.25, -0.2) is 15.2 Å². The van der Waals surface area contributed by atoms with Crippen LogP contribution in [0.5, 0.6) is 0 Å². The molecule has 0 bridgehead atoms. The van der Waals surface area contributed by atoms with Gasteiger partial charge in [-0.05, 0) is 58.9 Å². The molecule has 4 N–H and O–H groups in total. The quantitative estimate of drug-likeness (QED) is 0.246. The first-order chi connectivity index (χ1) is 17.3. The molecule has 1 unspecified atom stereocenters. The third-order valence-corrected chi connectivity index (χ3v) is 5.49. The van der Waals surface area contributed by atoms with Crippen LogP contribution in [0.3, 0.4) is 0 Å². The smallest absolute Gasteiger partial charge is 0.420 e. The molecule has 12 heteroatoms. The summed E-state index contributed by atoms with van der Waals surface area (Å²) in [5.74, 6) is -1.29. The van der Waals surface area contributed by atoms with Crippen LogP contribution in [0.15, 0.2) is 31.4 Å². The molecule has 1 fully saturated rings. The van der Waals surface area contributed by atoms with Gasteiger partial charge in [0.15, 0.2) is 5.69 Å². The molecule has 2 heterocycles. The highest BCUT2D eigenvalue weighted by molar-refractivity contribution is 6.01. The zero-order valence-electron chi connectivity index (χ0n) is 21.5. The van der Waals surface area contributed by atoms with Crippen LogP contribution in [0.25, 0.3) is 0 Å². The van der Waals surface area contributed by atoms with Crippen molar-refractivity contribution in [3.8, 4) is 0 Å². The van der Waals surface area contributed by atoms with E-state index >= 15 is 0 Å². The first-order valence-corrected chi connectivity index (χ1v) is 12.1. The van der Waals surface area contributed by atoms with Crippen molar-refractivity contribution in [2.45, 2.75) is 76.8 Å². The Morgan fingerprint density at radius 1 is 1.30 bits per heavy atom. The maximum absolute atomic E-state index is 14.2. The predicted molar refractivity (Wildman–Crippen MR) is 135 cm³/mol. The number of allylic oxidation sites excluding steroid dienone is 1. The molecule has 0 aromatic carbocycles. The second-order valence-electron chi connectivity index (χ2n) is 9.75. The number of amides is 2. The Morgan fingerprint density at radius 3 is 2.59 bits per heavy atom. The predicted octanol–water partition coefficient (Wildman–Crippen LogP) is 4.55. The second-order valence-corrected chi connectivity index (χ2v) is 9.75. The van der Waals surface area contributed by atoms with Crippen molar-refractivity contribution in [3.05, 3.63) is 42.6 Å². The lowest BCUT2D eigenvalue weighted by Crippen LogP contribution is -2.43. The van der Waals surface area contributed by atoms with Crippen LogP contribution in [0.2, 0.25) is 0 Å². The molecule has 1 aromatic rings. The van der Waals surface area contributed by atoms with Gasteiger partial charge in [-0.3, -0.25) is 15.5 Å². The Hall–Kier alpha value is -3.12. The van der Waals surface area contributed by atoms with Crippen LogP contribution in [-0.2, 0) is 10.9 Å². The summed E-state index contributed by atoms with van der Waals surface area (Å²) < 4.78 is 47.6. The molecule has 1 aliphatic heterocycles. The molecule has 37 heavy (non-hydrogen) atoms. The first-order valence-electron chi connectivity index (χ1n) is 12.1. The number of ether oxygens (including phenoxy) is 1. The van der Waals surface area contributed by atoms with Gasteiger partial charge in [0.1, 0.15) is 17.0 Å². The van der Waals surface area contributed by atoms with Crippen molar-refractivity contribution in [1.29, 1.82) is 0 Å². The van der Waals surface area contributed by atoms with Crippen LogP contribution in [0.4, 0.5) is 29.5 Å². The van der Waals surface area contributed by atoms with E-state index in [2.05, 4.69) is 34.3 Å². The number of halogens is 3. The number of carbonyl (C=O) groups excluding carboxylic acids is 2. The summed E-state index contributed by atoms with van der Waals surface area (Å²) in [4.78, 5) is 31.1. The summed E-state index contributed by atoms with van der Waals surface area (Å²) in [5, 5.41) is 12.2. The molecule has 2 atom stereocenters. The monoisotopic (exact) mass is 527 g/mol. The molecular weight excluding hydrogens is 491 g/mol. The molecular formula is C25H36F3N5O4. The topological polar surface area (TPSA) is 116 Å². The fourth-order valence-electron chi connectivity index (χ4n) is 3.89. The van der Waals surface area contributed by atoms with Gasteiger partial charge in [0.05, 0.1) is 11.8 Å². The molecule has 2 amide bonds. The van der Waals surface area contributed by atoms with Gasteiger partial charge in [0, 0.05) is 19.1 Å². The Morgan fingerprint density at radius 2 is 2.00 bits per heavy atom. The highest BCUT2D eigenvalue weighted by Crippen LogP contribution is 2.40. The van der Waals surface area contributed by atoms with E-state index in [0.29, 0.717) is 44.7 Å². The average molecular weight is 528 g/mol. The summed E-state index contributed by atoms with van der Waals surface area (Å²) in [6.07, 6.45) is -0.659. The molecule has 206 valence electrons. The number of hydrogen-bond acceptors (Lipinski definition) is 7. The summed E-state index contributed by atoms with van der Waals surface area (Å²) in [7, 11) is 0. The largest absolute Gasteiger partial charge is 0.444 e. The summed E-state index contributed by atoms with van der Waals surface area (Å²) in [6.45, 7) is 12.3. The van der Waals surface area contributed by atoms with Crippen LogP contribution in [-0.4, -0.2) is 52.9 Å². The fraction of sp³-hybridized carbons (Fsp3) is 0.560. The number of aliphatic hydroxyl groups is 1. The third kappa shape index (κ3) is 9.04. The molecule has 1 aliphatic rings. The molecule has 0 saturated carbocycles. The third-order valence-electron chi connectivity index (χ3n) is 5.49. The van der Waals surface area contributed by atoms with Gasteiger partial charge >= 0.3 is 12.3 Å². The molecule has 2 rings (SSSR count). The molecule has 0 aliphatic carbocycles. The number of alkyl halides is 3.